The molecule has 3 rings (SSSR count). The molecule has 132 valence electrons. The smallest absolute Gasteiger partial charge is 0.270 e. The van der Waals surface area contributed by atoms with E-state index in [-0.39, 0.29) is 5.91 Å². The molecule has 0 saturated heterocycles. The van der Waals surface area contributed by atoms with Crippen molar-refractivity contribution >= 4 is 28.9 Å². The molecule has 3 aromatic rings. The van der Waals surface area contributed by atoms with Gasteiger partial charge in [-0.05, 0) is 30.3 Å². The molecule has 2 aromatic carbocycles. The molecule has 26 heavy (non-hydrogen) atoms. The van der Waals surface area contributed by atoms with Gasteiger partial charge in [0.1, 0.15) is 11.4 Å². The normalized spacial score (nSPS) is 10.2. The second-order valence-electron chi connectivity index (χ2n) is 5.53. The topological polar surface area (TPSA) is 63.2 Å². The third-order valence-electron chi connectivity index (χ3n) is 3.78. The molecule has 0 aliphatic rings. The summed E-state index contributed by atoms with van der Waals surface area (Å²) < 4.78 is 5.29. The number of rotatable bonds is 6. The molecule has 0 atom stereocenters. The number of aromatic nitrogens is 1. The first-order valence-corrected chi connectivity index (χ1v) is 8.43. The average Bonchev–Trinajstić information content (AvgIpc) is 2.68. The highest BCUT2D eigenvalue weighted by Crippen LogP contribution is 2.24. The summed E-state index contributed by atoms with van der Waals surface area (Å²) in [5, 5.41) is 6.65. The minimum Gasteiger partial charge on any atom is -0.496 e. The lowest BCUT2D eigenvalue weighted by atomic mass is 10.2. The maximum absolute atomic E-state index is 12.4. The van der Waals surface area contributed by atoms with Crippen molar-refractivity contribution in [1.82, 2.24) is 10.3 Å². The molecule has 0 unspecified atom stereocenters. The van der Waals surface area contributed by atoms with Crippen LogP contribution in [0.1, 0.15) is 16.1 Å². The standard InChI is InChI=1S/C20H18ClN3O2/c1-26-19-9-5-2-6-14(19)13-23-20(25)18-12-15(10-11-22-18)24-17-8-4-3-7-16(17)21/h2-12H,13H2,1H3,(H,22,24)(H,23,25). The number of hydrogen-bond acceptors (Lipinski definition) is 4. The van der Waals surface area contributed by atoms with E-state index in [1.54, 1.807) is 31.5 Å². The number of carbonyl (C=O) groups is 1. The molecule has 0 radical (unpaired) electrons. The Labute approximate surface area is 157 Å². The van der Waals surface area contributed by atoms with Gasteiger partial charge in [-0.3, -0.25) is 9.78 Å². The Hall–Kier alpha value is -3.05. The Kier molecular flexibility index (Phi) is 5.71. The molecule has 1 aromatic heterocycles. The number of benzene rings is 2. The van der Waals surface area contributed by atoms with Crippen molar-refractivity contribution in [3.8, 4) is 5.75 Å². The lowest BCUT2D eigenvalue weighted by Crippen LogP contribution is -2.24. The number of carbonyl (C=O) groups excluding carboxylic acids is 1. The minimum atomic E-state index is -0.265. The van der Waals surface area contributed by atoms with Crippen molar-refractivity contribution in [2.24, 2.45) is 0 Å². The number of nitrogens with zero attached hydrogens (tertiary/aromatic N) is 1. The van der Waals surface area contributed by atoms with Gasteiger partial charge in [0, 0.05) is 24.0 Å². The summed E-state index contributed by atoms with van der Waals surface area (Å²) in [6.07, 6.45) is 1.58. The van der Waals surface area contributed by atoms with Crippen molar-refractivity contribution < 1.29 is 9.53 Å². The fourth-order valence-corrected chi connectivity index (χ4v) is 2.65. The van der Waals surface area contributed by atoms with Gasteiger partial charge in [0.25, 0.3) is 5.91 Å². The second kappa shape index (κ2) is 8.36. The monoisotopic (exact) mass is 367 g/mol. The lowest BCUT2D eigenvalue weighted by Gasteiger charge is -2.11. The average molecular weight is 368 g/mol. The van der Waals surface area contributed by atoms with E-state index in [0.29, 0.717) is 17.3 Å². The first kappa shape index (κ1) is 17.8. The Bertz CT molecular complexity index is 915. The van der Waals surface area contributed by atoms with E-state index in [2.05, 4.69) is 15.6 Å². The van der Waals surface area contributed by atoms with Crippen LogP contribution in [0.2, 0.25) is 5.02 Å². The highest BCUT2D eigenvalue weighted by Gasteiger charge is 2.10. The SMILES string of the molecule is COc1ccccc1CNC(=O)c1cc(Nc2ccccc2Cl)ccn1. The molecule has 1 heterocycles. The third-order valence-corrected chi connectivity index (χ3v) is 4.11. The third kappa shape index (κ3) is 4.32. The van der Waals surface area contributed by atoms with Crippen molar-refractivity contribution in [3.05, 3.63) is 83.1 Å². The molecule has 0 aliphatic carbocycles. The number of amides is 1. The first-order valence-electron chi connectivity index (χ1n) is 8.05. The summed E-state index contributed by atoms with van der Waals surface area (Å²) in [5.74, 6) is 0.466. The van der Waals surface area contributed by atoms with Gasteiger partial charge in [-0.2, -0.15) is 0 Å². The van der Waals surface area contributed by atoms with Gasteiger partial charge in [0.2, 0.25) is 0 Å². The zero-order valence-corrected chi connectivity index (χ0v) is 15.0. The van der Waals surface area contributed by atoms with Gasteiger partial charge < -0.3 is 15.4 Å². The van der Waals surface area contributed by atoms with Crippen LogP contribution in [0.3, 0.4) is 0 Å². The van der Waals surface area contributed by atoms with Crippen LogP contribution in [0.4, 0.5) is 11.4 Å². The minimum absolute atomic E-state index is 0.265. The van der Waals surface area contributed by atoms with Gasteiger partial charge in [0.15, 0.2) is 0 Å². The maximum Gasteiger partial charge on any atom is 0.270 e. The molecule has 0 fully saturated rings. The number of methoxy groups -OCH3 is 1. The molecule has 2 N–H and O–H groups in total. The fourth-order valence-electron chi connectivity index (χ4n) is 2.47. The second-order valence-corrected chi connectivity index (χ2v) is 5.94. The Morgan fingerprint density at radius 3 is 2.69 bits per heavy atom. The fraction of sp³-hybridized carbons (Fsp3) is 0.100. The summed E-state index contributed by atoms with van der Waals surface area (Å²) >= 11 is 6.15. The van der Waals surface area contributed by atoms with E-state index >= 15 is 0 Å². The number of halogens is 1. The maximum atomic E-state index is 12.4. The molecular formula is C20H18ClN3O2. The zero-order valence-electron chi connectivity index (χ0n) is 14.2. The van der Waals surface area contributed by atoms with Gasteiger partial charge in [-0.1, -0.05) is 41.9 Å². The van der Waals surface area contributed by atoms with E-state index in [4.69, 9.17) is 16.3 Å². The molecule has 0 bridgehead atoms. The van der Waals surface area contributed by atoms with Gasteiger partial charge in [-0.15, -0.1) is 0 Å². The molecular weight excluding hydrogens is 350 g/mol. The summed E-state index contributed by atoms with van der Waals surface area (Å²) in [7, 11) is 1.60. The Morgan fingerprint density at radius 2 is 1.88 bits per heavy atom. The van der Waals surface area contributed by atoms with Crippen molar-refractivity contribution in [3.63, 3.8) is 0 Å². The number of hydrogen-bond donors (Lipinski definition) is 2. The number of para-hydroxylation sites is 2. The lowest BCUT2D eigenvalue weighted by molar-refractivity contribution is 0.0945. The van der Waals surface area contributed by atoms with Crippen LogP contribution < -0.4 is 15.4 Å². The molecule has 6 heteroatoms. The van der Waals surface area contributed by atoms with Crippen LogP contribution >= 0.6 is 11.6 Å². The summed E-state index contributed by atoms with van der Waals surface area (Å²) in [6.45, 7) is 0.354. The summed E-state index contributed by atoms with van der Waals surface area (Å²) in [6, 6.07) is 18.4. The van der Waals surface area contributed by atoms with Gasteiger partial charge in [-0.25, -0.2) is 0 Å². The predicted molar refractivity (Wildman–Crippen MR) is 103 cm³/mol. The van der Waals surface area contributed by atoms with Crippen LogP contribution in [-0.2, 0) is 6.54 Å². The van der Waals surface area contributed by atoms with Crippen LogP contribution in [0.15, 0.2) is 66.9 Å². The predicted octanol–water partition coefficient (Wildman–Crippen LogP) is 4.42. The van der Waals surface area contributed by atoms with Crippen molar-refractivity contribution in [2.75, 3.05) is 12.4 Å². The van der Waals surface area contributed by atoms with Gasteiger partial charge >= 0.3 is 0 Å². The van der Waals surface area contributed by atoms with Crippen LogP contribution in [-0.4, -0.2) is 18.0 Å². The first-order chi connectivity index (χ1) is 12.7. The van der Waals surface area contributed by atoms with Crippen molar-refractivity contribution in [1.29, 1.82) is 0 Å². The van der Waals surface area contributed by atoms with Crippen molar-refractivity contribution in [2.45, 2.75) is 6.54 Å². The summed E-state index contributed by atoms with van der Waals surface area (Å²) in [5.41, 5.74) is 2.71. The Balaban J connectivity index is 1.69. The van der Waals surface area contributed by atoms with E-state index < -0.39 is 0 Å². The Morgan fingerprint density at radius 1 is 1.12 bits per heavy atom. The van der Waals surface area contributed by atoms with E-state index in [9.17, 15) is 4.79 Å². The number of ether oxygens (including phenoxy) is 1. The van der Waals surface area contributed by atoms with Crippen LogP contribution in [0.5, 0.6) is 5.75 Å². The van der Waals surface area contributed by atoms with Crippen LogP contribution in [0, 0.1) is 0 Å². The van der Waals surface area contributed by atoms with E-state index in [1.165, 1.54) is 0 Å². The zero-order chi connectivity index (χ0) is 18.4. The molecule has 0 aliphatic heterocycles. The van der Waals surface area contributed by atoms with Gasteiger partial charge in [0.05, 0.1) is 17.8 Å². The number of pyridine rings is 1. The molecule has 0 spiro atoms. The quantitative estimate of drug-likeness (QED) is 0.677. The van der Waals surface area contributed by atoms with Crippen LogP contribution in [0.25, 0.3) is 0 Å². The summed E-state index contributed by atoms with van der Waals surface area (Å²) in [4.78, 5) is 16.6. The molecule has 5 nitrogen and oxygen atoms in total. The number of anilines is 2. The highest BCUT2D eigenvalue weighted by atomic mass is 35.5. The largest absolute Gasteiger partial charge is 0.496 e. The molecule has 1 amide bonds. The number of nitrogens with one attached hydrogen (secondary N) is 2. The van der Waals surface area contributed by atoms with E-state index in [0.717, 1.165) is 22.7 Å². The molecule has 0 saturated carbocycles. The highest BCUT2D eigenvalue weighted by molar-refractivity contribution is 6.33. The van der Waals surface area contributed by atoms with E-state index in [1.807, 2.05) is 42.5 Å².